The number of benzene rings is 2. The van der Waals surface area contributed by atoms with Crippen LogP contribution in [0, 0.1) is 13.8 Å². The zero-order valence-electron chi connectivity index (χ0n) is 13.0. The molecule has 0 spiro atoms. The van der Waals surface area contributed by atoms with Crippen molar-refractivity contribution >= 4 is 21.6 Å². The largest absolute Gasteiger partial charge is 0.497 e. The van der Waals surface area contributed by atoms with Crippen LogP contribution in [0.3, 0.4) is 0 Å². The number of anilines is 1. The summed E-state index contributed by atoms with van der Waals surface area (Å²) in [5.41, 5.74) is 4.96. The molecule has 1 unspecified atom stereocenters. The highest BCUT2D eigenvalue weighted by molar-refractivity contribution is 9.10. The van der Waals surface area contributed by atoms with Gasteiger partial charge < -0.3 is 10.1 Å². The number of halogens is 1. The Labute approximate surface area is 135 Å². The Hall–Kier alpha value is -1.48. The van der Waals surface area contributed by atoms with Crippen LogP contribution in [0.1, 0.15) is 36.1 Å². The van der Waals surface area contributed by atoms with Crippen LogP contribution in [0.25, 0.3) is 0 Å². The fraction of sp³-hybridized carbons (Fsp3) is 0.333. The number of hydrogen-bond donors (Lipinski definition) is 1. The molecule has 0 saturated heterocycles. The minimum absolute atomic E-state index is 0.286. The van der Waals surface area contributed by atoms with Gasteiger partial charge in [-0.15, -0.1) is 0 Å². The van der Waals surface area contributed by atoms with Crippen LogP contribution in [0.5, 0.6) is 5.75 Å². The highest BCUT2D eigenvalue weighted by Gasteiger charge is 2.13. The fourth-order valence-electron chi connectivity index (χ4n) is 2.53. The van der Waals surface area contributed by atoms with Gasteiger partial charge in [0.15, 0.2) is 0 Å². The van der Waals surface area contributed by atoms with E-state index >= 15 is 0 Å². The van der Waals surface area contributed by atoms with Crippen molar-refractivity contribution in [3.63, 3.8) is 0 Å². The lowest BCUT2D eigenvalue weighted by Crippen LogP contribution is -2.11. The molecule has 0 aromatic heterocycles. The van der Waals surface area contributed by atoms with E-state index in [0.717, 1.165) is 16.6 Å². The number of methoxy groups -OCH3 is 1. The zero-order chi connectivity index (χ0) is 15.4. The molecule has 2 rings (SSSR count). The topological polar surface area (TPSA) is 21.3 Å². The van der Waals surface area contributed by atoms with Crippen LogP contribution < -0.4 is 10.1 Å². The fourth-order valence-corrected chi connectivity index (χ4v) is 3.32. The Balaban J connectivity index is 2.26. The van der Waals surface area contributed by atoms with E-state index < -0.39 is 0 Å². The van der Waals surface area contributed by atoms with Crippen LogP contribution in [0.15, 0.2) is 40.9 Å². The monoisotopic (exact) mass is 347 g/mol. The Morgan fingerprint density at radius 1 is 1.14 bits per heavy atom. The molecule has 0 bridgehead atoms. The second kappa shape index (κ2) is 6.99. The maximum absolute atomic E-state index is 5.22. The van der Waals surface area contributed by atoms with Crippen molar-refractivity contribution in [2.75, 3.05) is 12.4 Å². The van der Waals surface area contributed by atoms with Crippen molar-refractivity contribution in [2.24, 2.45) is 0 Å². The van der Waals surface area contributed by atoms with Crippen molar-refractivity contribution < 1.29 is 4.74 Å². The van der Waals surface area contributed by atoms with Gasteiger partial charge in [-0.05, 0) is 71.1 Å². The number of aryl methyl sites for hydroxylation is 2. The third-order valence-electron chi connectivity index (χ3n) is 3.68. The van der Waals surface area contributed by atoms with E-state index in [-0.39, 0.29) is 6.04 Å². The predicted molar refractivity (Wildman–Crippen MR) is 93.3 cm³/mol. The number of rotatable bonds is 5. The molecule has 0 saturated carbocycles. The molecule has 0 heterocycles. The number of ether oxygens (including phenoxy) is 1. The SMILES string of the molecule is CCC(Nc1c(C)cc(C)cc1Br)c1ccc(OC)cc1. The Kier molecular flexibility index (Phi) is 5.29. The summed E-state index contributed by atoms with van der Waals surface area (Å²) in [5, 5.41) is 3.66. The summed E-state index contributed by atoms with van der Waals surface area (Å²) >= 11 is 3.67. The molecule has 0 fully saturated rings. The Morgan fingerprint density at radius 2 is 1.81 bits per heavy atom. The quantitative estimate of drug-likeness (QED) is 0.755. The molecule has 0 aliphatic carbocycles. The predicted octanol–water partition coefficient (Wildman–Crippen LogP) is 5.64. The average molecular weight is 348 g/mol. The molecular formula is C18H22BrNO. The minimum Gasteiger partial charge on any atom is -0.497 e. The summed E-state index contributed by atoms with van der Waals surface area (Å²) < 4.78 is 6.34. The van der Waals surface area contributed by atoms with Gasteiger partial charge in [0.05, 0.1) is 18.8 Å². The van der Waals surface area contributed by atoms with Gasteiger partial charge in [-0.1, -0.05) is 25.1 Å². The smallest absolute Gasteiger partial charge is 0.118 e. The molecule has 0 aliphatic heterocycles. The molecular weight excluding hydrogens is 326 g/mol. The van der Waals surface area contributed by atoms with E-state index in [1.165, 1.54) is 22.4 Å². The normalized spacial score (nSPS) is 12.0. The number of nitrogens with one attached hydrogen (secondary N) is 1. The van der Waals surface area contributed by atoms with Gasteiger partial charge in [0.1, 0.15) is 5.75 Å². The lowest BCUT2D eigenvalue weighted by Gasteiger charge is -2.22. The highest BCUT2D eigenvalue weighted by atomic mass is 79.9. The second-order valence-corrected chi connectivity index (χ2v) is 6.17. The third-order valence-corrected chi connectivity index (χ3v) is 4.30. The standard InChI is InChI=1S/C18H22BrNO/c1-5-17(14-6-8-15(21-4)9-7-14)20-18-13(3)10-12(2)11-16(18)19/h6-11,17,20H,5H2,1-4H3. The highest BCUT2D eigenvalue weighted by Crippen LogP contribution is 2.32. The first-order valence-electron chi connectivity index (χ1n) is 7.22. The lowest BCUT2D eigenvalue weighted by atomic mass is 10.0. The summed E-state index contributed by atoms with van der Waals surface area (Å²) in [5.74, 6) is 0.890. The molecule has 0 amide bonds. The third kappa shape index (κ3) is 3.79. The molecule has 2 aromatic carbocycles. The second-order valence-electron chi connectivity index (χ2n) is 5.32. The van der Waals surface area contributed by atoms with Gasteiger partial charge in [0.2, 0.25) is 0 Å². The molecule has 3 heteroatoms. The van der Waals surface area contributed by atoms with Crippen molar-refractivity contribution in [1.82, 2.24) is 0 Å². The van der Waals surface area contributed by atoms with Gasteiger partial charge in [-0.25, -0.2) is 0 Å². The molecule has 0 aliphatic rings. The van der Waals surface area contributed by atoms with E-state index in [9.17, 15) is 0 Å². The van der Waals surface area contributed by atoms with E-state index in [2.05, 4.69) is 66.3 Å². The lowest BCUT2D eigenvalue weighted by molar-refractivity contribution is 0.414. The first kappa shape index (κ1) is 15.9. The Bertz CT molecular complexity index is 584. The maximum Gasteiger partial charge on any atom is 0.118 e. The van der Waals surface area contributed by atoms with Gasteiger partial charge >= 0.3 is 0 Å². The van der Waals surface area contributed by atoms with Crippen LogP contribution in [0.4, 0.5) is 5.69 Å². The average Bonchev–Trinajstić information content (AvgIpc) is 2.47. The van der Waals surface area contributed by atoms with E-state index in [1.54, 1.807) is 7.11 Å². The summed E-state index contributed by atoms with van der Waals surface area (Å²) in [6.07, 6.45) is 1.02. The molecule has 0 radical (unpaired) electrons. The molecule has 112 valence electrons. The minimum atomic E-state index is 0.286. The van der Waals surface area contributed by atoms with Gasteiger partial charge in [-0.2, -0.15) is 0 Å². The van der Waals surface area contributed by atoms with Gasteiger partial charge in [-0.3, -0.25) is 0 Å². The van der Waals surface area contributed by atoms with Gasteiger partial charge in [0, 0.05) is 4.47 Å². The Morgan fingerprint density at radius 3 is 2.33 bits per heavy atom. The summed E-state index contributed by atoms with van der Waals surface area (Å²) in [4.78, 5) is 0. The number of hydrogen-bond acceptors (Lipinski definition) is 2. The molecule has 2 aromatic rings. The van der Waals surface area contributed by atoms with Crippen LogP contribution >= 0.6 is 15.9 Å². The zero-order valence-corrected chi connectivity index (χ0v) is 14.6. The molecule has 21 heavy (non-hydrogen) atoms. The van der Waals surface area contributed by atoms with Crippen LogP contribution in [-0.4, -0.2) is 7.11 Å². The summed E-state index contributed by atoms with van der Waals surface area (Å²) in [6.45, 7) is 6.45. The summed E-state index contributed by atoms with van der Waals surface area (Å²) in [6, 6.07) is 12.9. The van der Waals surface area contributed by atoms with Crippen LogP contribution in [-0.2, 0) is 0 Å². The molecule has 2 nitrogen and oxygen atoms in total. The molecule has 1 atom stereocenters. The van der Waals surface area contributed by atoms with Gasteiger partial charge in [0.25, 0.3) is 0 Å². The van der Waals surface area contributed by atoms with E-state index in [1.807, 2.05) is 12.1 Å². The van der Waals surface area contributed by atoms with E-state index in [4.69, 9.17) is 4.74 Å². The van der Waals surface area contributed by atoms with Crippen molar-refractivity contribution in [3.05, 3.63) is 57.6 Å². The van der Waals surface area contributed by atoms with Crippen LogP contribution in [0.2, 0.25) is 0 Å². The first-order valence-corrected chi connectivity index (χ1v) is 8.01. The molecule has 1 N–H and O–H groups in total. The van der Waals surface area contributed by atoms with Crippen molar-refractivity contribution in [1.29, 1.82) is 0 Å². The van der Waals surface area contributed by atoms with Crippen molar-refractivity contribution in [2.45, 2.75) is 33.2 Å². The first-order chi connectivity index (χ1) is 10.0. The van der Waals surface area contributed by atoms with Crippen molar-refractivity contribution in [3.8, 4) is 5.75 Å². The summed E-state index contributed by atoms with van der Waals surface area (Å²) in [7, 11) is 1.69. The maximum atomic E-state index is 5.22. The van der Waals surface area contributed by atoms with E-state index in [0.29, 0.717) is 0 Å².